The molecule has 0 radical (unpaired) electrons. The van der Waals surface area contributed by atoms with Crippen molar-refractivity contribution in [2.75, 3.05) is 33.7 Å². The third-order valence-corrected chi connectivity index (χ3v) is 4.11. The molecule has 0 amide bonds. The number of benzene rings is 1. The molecule has 1 unspecified atom stereocenters. The fourth-order valence-electron chi connectivity index (χ4n) is 2.65. The van der Waals surface area contributed by atoms with Crippen LogP contribution in [0.5, 0.6) is 0 Å². The highest BCUT2D eigenvalue weighted by molar-refractivity contribution is 6.34. The van der Waals surface area contributed by atoms with E-state index in [9.17, 15) is 4.79 Å². The number of carbonyl (C=O) groups excluding carboxylic acids is 1. The second-order valence-electron chi connectivity index (χ2n) is 5.38. The Labute approximate surface area is 120 Å². The van der Waals surface area contributed by atoms with Gasteiger partial charge in [-0.25, -0.2) is 0 Å². The Balaban J connectivity index is 1.90. The van der Waals surface area contributed by atoms with E-state index in [-0.39, 0.29) is 5.78 Å². The molecule has 1 fully saturated rings. The standard InChI is InChI=1S/C15H21ClN2O/c1-17(10-12-6-5-9-18(12)2)11-15(19)13-7-3-4-8-14(13)16/h3-4,7-8,12H,5-6,9-11H2,1-2H3. The Bertz CT molecular complexity index is 450. The van der Waals surface area contributed by atoms with E-state index in [0.29, 0.717) is 23.2 Å². The number of hydrogen-bond donors (Lipinski definition) is 0. The number of halogens is 1. The molecule has 1 aliphatic heterocycles. The summed E-state index contributed by atoms with van der Waals surface area (Å²) in [6, 6.07) is 7.82. The van der Waals surface area contributed by atoms with Crippen LogP contribution in [0.1, 0.15) is 23.2 Å². The summed E-state index contributed by atoms with van der Waals surface area (Å²) in [6.45, 7) is 2.53. The Kier molecular flexibility index (Phi) is 4.97. The molecule has 0 aliphatic carbocycles. The van der Waals surface area contributed by atoms with Crippen LogP contribution in [0.25, 0.3) is 0 Å². The summed E-state index contributed by atoms with van der Waals surface area (Å²) in [7, 11) is 4.16. The predicted molar refractivity (Wildman–Crippen MR) is 78.9 cm³/mol. The Morgan fingerprint density at radius 1 is 1.47 bits per heavy atom. The van der Waals surface area contributed by atoms with Gasteiger partial charge in [-0.15, -0.1) is 0 Å². The van der Waals surface area contributed by atoms with Gasteiger partial charge in [-0.05, 0) is 45.6 Å². The van der Waals surface area contributed by atoms with Crippen LogP contribution in [-0.2, 0) is 0 Å². The van der Waals surface area contributed by atoms with Crippen LogP contribution in [0.15, 0.2) is 24.3 Å². The highest BCUT2D eigenvalue weighted by atomic mass is 35.5. The van der Waals surface area contributed by atoms with E-state index in [4.69, 9.17) is 11.6 Å². The largest absolute Gasteiger partial charge is 0.302 e. The van der Waals surface area contributed by atoms with Crippen LogP contribution in [0.3, 0.4) is 0 Å². The molecular weight excluding hydrogens is 260 g/mol. The van der Waals surface area contributed by atoms with Gasteiger partial charge >= 0.3 is 0 Å². The average Bonchev–Trinajstić information content (AvgIpc) is 2.75. The van der Waals surface area contributed by atoms with Gasteiger partial charge in [0.1, 0.15) is 0 Å². The van der Waals surface area contributed by atoms with E-state index in [1.165, 1.54) is 12.8 Å². The molecule has 1 aromatic rings. The third-order valence-electron chi connectivity index (χ3n) is 3.78. The maximum Gasteiger partial charge on any atom is 0.178 e. The molecule has 19 heavy (non-hydrogen) atoms. The van der Waals surface area contributed by atoms with Gasteiger partial charge in [-0.1, -0.05) is 23.7 Å². The van der Waals surface area contributed by atoms with E-state index in [1.807, 2.05) is 19.2 Å². The van der Waals surface area contributed by atoms with Crippen molar-refractivity contribution in [1.29, 1.82) is 0 Å². The van der Waals surface area contributed by atoms with Crippen molar-refractivity contribution in [2.45, 2.75) is 18.9 Å². The number of rotatable bonds is 5. The van der Waals surface area contributed by atoms with Gasteiger partial charge in [0, 0.05) is 18.2 Å². The van der Waals surface area contributed by atoms with E-state index < -0.39 is 0 Å². The van der Waals surface area contributed by atoms with Gasteiger partial charge in [-0.3, -0.25) is 9.69 Å². The van der Waals surface area contributed by atoms with E-state index in [1.54, 1.807) is 12.1 Å². The molecule has 1 aliphatic rings. The molecule has 1 aromatic carbocycles. The lowest BCUT2D eigenvalue weighted by molar-refractivity contribution is 0.0932. The number of nitrogens with zero attached hydrogens (tertiary/aromatic N) is 2. The quantitative estimate of drug-likeness (QED) is 0.775. The Morgan fingerprint density at radius 3 is 2.84 bits per heavy atom. The zero-order valence-electron chi connectivity index (χ0n) is 11.6. The van der Waals surface area contributed by atoms with Crippen molar-refractivity contribution in [3.8, 4) is 0 Å². The van der Waals surface area contributed by atoms with Gasteiger partial charge in [-0.2, -0.15) is 0 Å². The molecule has 0 bridgehead atoms. The summed E-state index contributed by atoms with van der Waals surface area (Å²) in [5.74, 6) is 0.0914. The van der Waals surface area contributed by atoms with E-state index in [0.717, 1.165) is 13.1 Å². The number of ketones is 1. The van der Waals surface area contributed by atoms with Crippen LogP contribution in [0.2, 0.25) is 5.02 Å². The second-order valence-corrected chi connectivity index (χ2v) is 5.78. The molecule has 104 valence electrons. The lowest BCUT2D eigenvalue weighted by atomic mass is 10.1. The molecule has 2 rings (SSSR count). The summed E-state index contributed by atoms with van der Waals surface area (Å²) in [5, 5.41) is 0.541. The molecule has 1 heterocycles. The van der Waals surface area contributed by atoms with Crippen molar-refractivity contribution in [1.82, 2.24) is 9.80 Å². The normalized spacial score (nSPS) is 20.1. The molecule has 3 nitrogen and oxygen atoms in total. The van der Waals surface area contributed by atoms with Gasteiger partial charge in [0.05, 0.1) is 11.6 Å². The molecule has 0 aromatic heterocycles. The first-order valence-electron chi connectivity index (χ1n) is 6.74. The number of likely N-dealkylation sites (N-methyl/N-ethyl adjacent to an activating group) is 2. The molecule has 1 saturated heterocycles. The van der Waals surface area contributed by atoms with Crippen molar-refractivity contribution in [3.63, 3.8) is 0 Å². The molecular formula is C15H21ClN2O. The highest BCUT2D eigenvalue weighted by Gasteiger charge is 2.23. The van der Waals surface area contributed by atoms with Gasteiger partial charge in [0.2, 0.25) is 0 Å². The minimum atomic E-state index is 0.0914. The summed E-state index contributed by atoms with van der Waals surface area (Å²) >= 11 is 6.05. The first-order valence-corrected chi connectivity index (χ1v) is 7.12. The van der Waals surface area contributed by atoms with E-state index >= 15 is 0 Å². The zero-order valence-corrected chi connectivity index (χ0v) is 12.4. The number of hydrogen-bond acceptors (Lipinski definition) is 3. The number of Topliss-reactive ketones (excluding diaryl/α,β-unsaturated/α-hetero) is 1. The Hall–Kier alpha value is -0.900. The first-order chi connectivity index (χ1) is 9.08. The summed E-state index contributed by atoms with van der Waals surface area (Å²) in [6.07, 6.45) is 2.48. The third kappa shape index (κ3) is 3.78. The van der Waals surface area contributed by atoms with Crippen LogP contribution in [0, 0.1) is 0 Å². The minimum Gasteiger partial charge on any atom is -0.302 e. The number of carbonyl (C=O) groups is 1. The lowest BCUT2D eigenvalue weighted by Gasteiger charge is -2.25. The lowest BCUT2D eigenvalue weighted by Crippen LogP contribution is -2.38. The summed E-state index contributed by atoms with van der Waals surface area (Å²) in [5.41, 5.74) is 0.621. The maximum atomic E-state index is 12.2. The Morgan fingerprint density at radius 2 is 2.21 bits per heavy atom. The molecule has 0 N–H and O–H groups in total. The predicted octanol–water partition coefficient (Wildman–Crippen LogP) is 2.55. The van der Waals surface area contributed by atoms with Gasteiger partial charge in [0.25, 0.3) is 0 Å². The number of likely N-dealkylation sites (tertiary alicyclic amines) is 1. The highest BCUT2D eigenvalue weighted by Crippen LogP contribution is 2.17. The van der Waals surface area contributed by atoms with Crippen LogP contribution in [-0.4, -0.2) is 55.4 Å². The maximum absolute atomic E-state index is 12.2. The van der Waals surface area contributed by atoms with Crippen LogP contribution >= 0.6 is 11.6 Å². The first kappa shape index (κ1) is 14.5. The monoisotopic (exact) mass is 280 g/mol. The second kappa shape index (κ2) is 6.51. The fraction of sp³-hybridized carbons (Fsp3) is 0.533. The SMILES string of the molecule is CN(CC(=O)c1ccccc1Cl)CC1CCCN1C. The van der Waals surface area contributed by atoms with Crippen LogP contribution < -0.4 is 0 Å². The zero-order chi connectivity index (χ0) is 13.8. The average molecular weight is 281 g/mol. The van der Waals surface area contributed by atoms with Crippen molar-refractivity contribution < 1.29 is 4.79 Å². The molecule has 4 heteroatoms. The molecule has 0 saturated carbocycles. The van der Waals surface area contributed by atoms with Gasteiger partial charge < -0.3 is 4.90 Å². The minimum absolute atomic E-state index is 0.0914. The summed E-state index contributed by atoms with van der Waals surface area (Å²) < 4.78 is 0. The fourth-order valence-corrected chi connectivity index (χ4v) is 2.89. The smallest absolute Gasteiger partial charge is 0.178 e. The molecule has 1 atom stereocenters. The van der Waals surface area contributed by atoms with Crippen molar-refractivity contribution in [2.24, 2.45) is 0 Å². The van der Waals surface area contributed by atoms with Gasteiger partial charge in [0.15, 0.2) is 5.78 Å². The van der Waals surface area contributed by atoms with Crippen LogP contribution in [0.4, 0.5) is 0 Å². The van der Waals surface area contributed by atoms with Crippen molar-refractivity contribution >= 4 is 17.4 Å². The van der Waals surface area contributed by atoms with Crippen molar-refractivity contribution in [3.05, 3.63) is 34.9 Å². The topological polar surface area (TPSA) is 23.6 Å². The van der Waals surface area contributed by atoms with E-state index in [2.05, 4.69) is 16.8 Å². The molecule has 0 spiro atoms. The summed E-state index contributed by atoms with van der Waals surface area (Å²) in [4.78, 5) is 16.7.